The number of hydrogen-bond donors (Lipinski definition) is 1. The molecule has 1 heterocycles. The minimum absolute atomic E-state index is 0. The van der Waals surface area contributed by atoms with Crippen LogP contribution in [0.2, 0.25) is 5.02 Å². The van der Waals surface area contributed by atoms with E-state index >= 15 is 0 Å². The smallest absolute Gasteiger partial charge is 0.0406 e. The highest BCUT2D eigenvalue weighted by Crippen LogP contribution is 2.10. The topological polar surface area (TPSA) is 15.3 Å². The molecule has 0 saturated carbocycles. The van der Waals surface area contributed by atoms with Crippen LogP contribution in [0.4, 0.5) is 0 Å². The number of benzene rings is 1. The maximum absolute atomic E-state index is 5.86. The van der Waals surface area contributed by atoms with Crippen molar-refractivity contribution in [2.75, 3.05) is 26.2 Å². The zero-order valence-corrected chi connectivity index (χ0v) is 14.2. The third-order valence-electron chi connectivity index (χ3n) is 3.55. The Kier molecular flexibility index (Phi) is 11.7. The van der Waals surface area contributed by atoms with Crippen LogP contribution in [-0.4, -0.2) is 31.1 Å². The Morgan fingerprint density at radius 1 is 0.950 bits per heavy atom. The lowest BCUT2D eigenvalue weighted by Gasteiger charge is -2.19. The standard InChI is InChI=1S/C15H23ClN2.2ClH/c16-15-7-5-14(6-8-15)13-17-9-12-18-10-3-1-2-4-11-18;;/h5-8,17H,1-4,9-13H2;2*1H. The molecule has 1 N–H and O–H groups in total. The van der Waals surface area contributed by atoms with Crippen molar-refractivity contribution in [1.29, 1.82) is 0 Å². The average Bonchev–Trinajstić information content (AvgIpc) is 2.65. The van der Waals surface area contributed by atoms with E-state index in [9.17, 15) is 0 Å². The number of nitrogens with one attached hydrogen (secondary N) is 1. The van der Waals surface area contributed by atoms with Crippen molar-refractivity contribution in [3.8, 4) is 0 Å². The Hall–Kier alpha value is 0.01000. The molecule has 0 spiro atoms. The van der Waals surface area contributed by atoms with Crippen LogP contribution >= 0.6 is 36.4 Å². The van der Waals surface area contributed by atoms with Gasteiger partial charge in [0.25, 0.3) is 0 Å². The summed E-state index contributed by atoms with van der Waals surface area (Å²) in [7, 11) is 0. The normalized spacial score (nSPS) is 15.8. The number of nitrogens with zero attached hydrogens (tertiary/aromatic N) is 1. The SMILES string of the molecule is Cl.Cl.Clc1ccc(CNCCN2CCCCCC2)cc1. The highest BCUT2D eigenvalue weighted by atomic mass is 35.5. The van der Waals surface area contributed by atoms with Crippen molar-refractivity contribution in [1.82, 2.24) is 10.2 Å². The Balaban J connectivity index is 0.00000180. The van der Waals surface area contributed by atoms with Gasteiger partial charge in [-0.25, -0.2) is 0 Å². The first kappa shape index (κ1) is 20.0. The molecule has 1 fully saturated rings. The summed E-state index contributed by atoms with van der Waals surface area (Å²) in [6.07, 6.45) is 5.57. The summed E-state index contributed by atoms with van der Waals surface area (Å²) in [6, 6.07) is 8.07. The van der Waals surface area contributed by atoms with Gasteiger partial charge in [0.05, 0.1) is 0 Å². The molecular formula is C15H25Cl3N2. The Bertz CT molecular complexity index is 335. The summed E-state index contributed by atoms with van der Waals surface area (Å²) in [5.41, 5.74) is 1.30. The lowest BCUT2D eigenvalue weighted by Crippen LogP contribution is -2.32. The molecule has 0 aliphatic carbocycles. The quantitative estimate of drug-likeness (QED) is 0.811. The highest BCUT2D eigenvalue weighted by molar-refractivity contribution is 6.30. The highest BCUT2D eigenvalue weighted by Gasteiger charge is 2.07. The van der Waals surface area contributed by atoms with Crippen molar-refractivity contribution in [2.45, 2.75) is 32.2 Å². The molecule has 116 valence electrons. The van der Waals surface area contributed by atoms with Gasteiger partial charge in [-0.3, -0.25) is 0 Å². The van der Waals surface area contributed by atoms with Gasteiger partial charge < -0.3 is 10.2 Å². The van der Waals surface area contributed by atoms with Gasteiger partial charge in [-0.2, -0.15) is 0 Å². The van der Waals surface area contributed by atoms with Gasteiger partial charge >= 0.3 is 0 Å². The van der Waals surface area contributed by atoms with Crippen molar-refractivity contribution in [2.24, 2.45) is 0 Å². The van der Waals surface area contributed by atoms with Crippen LogP contribution in [-0.2, 0) is 6.54 Å². The first-order valence-electron chi connectivity index (χ1n) is 7.02. The van der Waals surface area contributed by atoms with E-state index in [0.29, 0.717) is 0 Å². The fraction of sp³-hybridized carbons (Fsp3) is 0.600. The number of likely N-dealkylation sites (tertiary alicyclic amines) is 1. The van der Waals surface area contributed by atoms with E-state index < -0.39 is 0 Å². The fourth-order valence-corrected chi connectivity index (χ4v) is 2.56. The van der Waals surface area contributed by atoms with Crippen molar-refractivity contribution in [3.05, 3.63) is 34.9 Å². The van der Waals surface area contributed by atoms with E-state index in [1.54, 1.807) is 0 Å². The van der Waals surface area contributed by atoms with E-state index in [0.717, 1.165) is 18.1 Å². The number of hydrogen-bond acceptors (Lipinski definition) is 2. The molecule has 1 aromatic rings. The maximum atomic E-state index is 5.86. The number of rotatable bonds is 5. The average molecular weight is 340 g/mol. The van der Waals surface area contributed by atoms with Gasteiger partial charge in [0.1, 0.15) is 0 Å². The lowest BCUT2D eigenvalue weighted by atomic mass is 10.2. The van der Waals surface area contributed by atoms with Gasteiger partial charge in [0.2, 0.25) is 0 Å². The largest absolute Gasteiger partial charge is 0.311 e. The van der Waals surface area contributed by atoms with Crippen LogP contribution in [0.1, 0.15) is 31.2 Å². The molecule has 1 aliphatic heterocycles. The van der Waals surface area contributed by atoms with Crippen molar-refractivity contribution < 1.29 is 0 Å². The van der Waals surface area contributed by atoms with Crippen LogP contribution in [0.5, 0.6) is 0 Å². The minimum atomic E-state index is 0. The molecule has 1 aliphatic rings. The minimum Gasteiger partial charge on any atom is -0.311 e. The molecule has 0 unspecified atom stereocenters. The number of halogens is 3. The van der Waals surface area contributed by atoms with Crippen LogP contribution in [0.25, 0.3) is 0 Å². The Morgan fingerprint density at radius 3 is 2.15 bits per heavy atom. The monoisotopic (exact) mass is 338 g/mol. The van der Waals surface area contributed by atoms with E-state index in [2.05, 4.69) is 22.3 Å². The summed E-state index contributed by atoms with van der Waals surface area (Å²) in [4.78, 5) is 2.59. The summed E-state index contributed by atoms with van der Waals surface area (Å²) < 4.78 is 0. The predicted molar refractivity (Wildman–Crippen MR) is 92.6 cm³/mol. The Morgan fingerprint density at radius 2 is 1.55 bits per heavy atom. The summed E-state index contributed by atoms with van der Waals surface area (Å²) in [6.45, 7) is 5.74. The van der Waals surface area contributed by atoms with Crippen LogP contribution in [0.3, 0.4) is 0 Å². The molecule has 0 radical (unpaired) electrons. The lowest BCUT2D eigenvalue weighted by molar-refractivity contribution is 0.284. The molecule has 0 amide bonds. The second-order valence-corrected chi connectivity index (χ2v) is 5.50. The second-order valence-electron chi connectivity index (χ2n) is 5.06. The molecule has 20 heavy (non-hydrogen) atoms. The zero-order chi connectivity index (χ0) is 12.6. The first-order valence-corrected chi connectivity index (χ1v) is 7.40. The van der Waals surface area contributed by atoms with E-state index in [4.69, 9.17) is 11.6 Å². The molecule has 2 rings (SSSR count). The first-order chi connectivity index (χ1) is 8.84. The second kappa shape index (κ2) is 11.6. The molecule has 1 saturated heterocycles. The molecule has 0 aromatic heterocycles. The summed E-state index contributed by atoms with van der Waals surface area (Å²) in [5.74, 6) is 0. The molecule has 2 nitrogen and oxygen atoms in total. The predicted octanol–water partition coefficient (Wildman–Crippen LogP) is 4.15. The van der Waals surface area contributed by atoms with Gasteiger partial charge in [0, 0.05) is 24.7 Å². The van der Waals surface area contributed by atoms with E-state index in [-0.39, 0.29) is 24.8 Å². The molecule has 1 aromatic carbocycles. The van der Waals surface area contributed by atoms with Crippen LogP contribution in [0, 0.1) is 0 Å². The van der Waals surface area contributed by atoms with Crippen LogP contribution in [0.15, 0.2) is 24.3 Å². The van der Waals surface area contributed by atoms with Gasteiger partial charge in [-0.1, -0.05) is 36.6 Å². The van der Waals surface area contributed by atoms with Gasteiger partial charge in [-0.15, -0.1) is 24.8 Å². The summed E-state index contributed by atoms with van der Waals surface area (Å²) >= 11 is 5.86. The van der Waals surface area contributed by atoms with Crippen LogP contribution < -0.4 is 5.32 Å². The fourth-order valence-electron chi connectivity index (χ4n) is 2.43. The van der Waals surface area contributed by atoms with E-state index in [1.165, 1.54) is 50.9 Å². The van der Waals surface area contributed by atoms with Gasteiger partial charge in [-0.05, 0) is 43.6 Å². The van der Waals surface area contributed by atoms with Crippen molar-refractivity contribution >= 4 is 36.4 Å². The molecule has 0 bridgehead atoms. The molecule has 5 heteroatoms. The maximum Gasteiger partial charge on any atom is 0.0406 e. The molecular weight excluding hydrogens is 315 g/mol. The Labute approximate surface area is 140 Å². The van der Waals surface area contributed by atoms with Crippen molar-refractivity contribution in [3.63, 3.8) is 0 Å². The summed E-state index contributed by atoms with van der Waals surface area (Å²) in [5, 5.41) is 4.31. The van der Waals surface area contributed by atoms with Gasteiger partial charge in [0.15, 0.2) is 0 Å². The zero-order valence-electron chi connectivity index (χ0n) is 11.8. The van der Waals surface area contributed by atoms with E-state index in [1.807, 2.05) is 12.1 Å². The third kappa shape index (κ3) is 7.70. The molecule has 0 atom stereocenters. The third-order valence-corrected chi connectivity index (χ3v) is 3.80.